The van der Waals surface area contributed by atoms with E-state index in [0.29, 0.717) is 18.9 Å². The summed E-state index contributed by atoms with van der Waals surface area (Å²) in [5.41, 5.74) is -0.140. The molecule has 0 amide bonds. The van der Waals surface area contributed by atoms with Gasteiger partial charge in [-0.3, -0.25) is 4.99 Å². The number of sulfone groups is 1. The summed E-state index contributed by atoms with van der Waals surface area (Å²) in [6.07, 6.45) is 2.81. The number of thioether (sulfide) groups is 1. The lowest BCUT2D eigenvalue weighted by molar-refractivity contribution is 0.348. The molecule has 2 N–H and O–H groups in total. The van der Waals surface area contributed by atoms with Crippen molar-refractivity contribution in [1.29, 1.82) is 0 Å². The largest absolute Gasteiger partial charge is 0.356 e. The number of hydrogen-bond donors (Lipinski definition) is 2. The minimum absolute atomic E-state index is 0.140. The average Bonchev–Trinajstić information content (AvgIpc) is 2.57. The highest BCUT2D eigenvalue weighted by atomic mass is 32.2. The van der Waals surface area contributed by atoms with Crippen LogP contribution in [0.5, 0.6) is 0 Å². The Balaban J connectivity index is 2.24. The molecule has 1 aromatic rings. The Kier molecular flexibility index (Phi) is 9.43. The second-order valence-electron chi connectivity index (χ2n) is 7.05. The molecule has 1 aromatic carbocycles. The summed E-state index contributed by atoms with van der Waals surface area (Å²) in [6, 6.07) is 6.51. The van der Waals surface area contributed by atoms with E-state index in [-0.39, 0.29) is 17.0 Å². The van der Waals surface area contributed by atoms with Crippen LogP contribution in [0.15, 0.2) is 34.2 Å². The number of guanidine groups is 1. The summed E-state index contributed by atoms with van der Waals surface area (Å²) in [5, 5.41) is 6.51. The van der Waals surface area contributed by atoms with Crippen molar-refractivity contribution in [3.63, 3.8) is 0 Å². The Bertz CT molecular complexity index is 674. The van der Waals surface area contributed by atoms with Gasteiger partial charge in [-0.05, 0) is 48.3 Å². The van der Waals surface area contributed by atoms with Crippen LogP contribution < -0.4 is 10.6 Å². The first-order valence-corrected chi connectivity index (χ1v) is 11.7. The molecule has 0 saturated carbocycles. The van der Waals surface area contributed by atoms with Gasteiger partial charge in [-0.15, -0.1) is 11.8 Å². The Labute approximate surface area is 161 Å². The average molecular weight is 404 g/mol. The molecule has 0 unspecified atom stereocenters. The van der Waals surface area contributed by atoms with Gasteiger partial charge < -0.3 is 10.6 Å². The van der Waals surface area contributed by atoms with E-state index in [0.717, 1.165) is 23.6 Å². The van der Waals surface area contributed by atoms with E-state index >= 15 is 0 Å². The van der Waals surface area contributed by atoms with Crippen molar-refractivity contribution in [2.75, 3.05) is 37.9 Å². The first-order chi connectivity index (χ1) is 12.1. The normalized spacial score (nSPS) is 12.9. The topological polar surface area (TPSA) is 70.6 Å². The van der Waals surface area contributed by atoms with Crippen molar-refractivity contribution >= 4 is 27.6 Å². The Hall–Kier alpha value is -1.28. The van der Waals surface area contributed by atoms with Gasteiger partial charge in [0.2, 0.25) is 0 Å². The van der Waals surface area contributed by atoms with Gasteiger partial charge in [0.25, 0.3) is 0 Å². The Morgan fingerprint density at radius 2 is 1.88 bits per heavy atom. The van der Waals surface area contributed by atoms with E-state index in [9.17, 15) is 12.8 Å². The van der Waals surface area contributed by atoms with E-state index in [4.69, 9.17) is 0 Å². The number of hydrogen-bond acceptors (Lipinski definition) is 4. The first kappa shape index (κ1) is 22.8. The fourth-order valence-electron chi connectivity index (χ4n) is 2.09. The highest BCUT2D eigenvalue weighted by molar-refractivity contribution is 7.99. The molecule has 0 aliphatic rings. The van der Waals surface area contributed by atoms with Gasteiger partial charge in [-0.25, -0.2) is 12.8 Å². The molecule has 148 valence electrons. The van der Waals surface area contributed by atoms with E-state index < -0.39 is 9.84 Å². The molecule has 0 spiro atoms. The molecule has 1 rings (SSSR count). The van der Waals surface area contributed by atoms with E-state index in [1.54, 1.807) is 30.9 Å². The molecule has 0 fully saturated rings. The van der Waals surface area contributed by atoms with Gasteiger partial charge in [0.15, 0.2) is 5.96 Å². The fourth-order valence-corrected chi connectivity index (χ4v) is 3.87. The zero-order chi connectivity index (χ0) is 19.6. The van der Waals surface area contributed by atoms with Crippen LogP contribution in [-0.4, -0.2) is 52.3 Å². The molecular formula is C18H30FN3O2S2. The summed E-state index contributed by atoms with van der Waals surface area (Å²) in [4.78, 5) is 5.25. The SMILES string of the molecule is CN=C(NCCCSc1ccc(F)cc1)NCC(C)(C)CCS(C)(=O)=O. The lowest BCUT2D eigenvalue weighted by atomic mass is 9.90. The number of nitrogens with zero attached hydrogens (tertiary/aromatic N) is 1. The molecular weight excluding hydrogens is 373 g/mol. The number of benzene rings is 1. The summed E-state index contributed by atoms with van der Waals surface area (Å²) >= 11 is 1.69. The molecule has 0 atom stereocenters. The predicted molar refractivity (Wildman–Crippen MR) is 109 cm³/mol. The smallest absolute Gasteiger partial charge is 0.190 e. The fraction of sp³-hybridized carbons (Fsp3) is 0.611. The summed E-state index contributed by atoms with van der Waals surface area (Å²) in [5.74, 6) is 1.61. The van der Waals surface area contributed by atoms with Gasteiger partial charge in [0.1, 0.15) is 15.7 Å². The third kappa shape index (κ3) is 10.7. The second kappa shape index (κ2) is 10.8. The maximum atomic E-state index is 12.9. The van der Waals surface area contributed by atoms with Crippen molar-refractivity contribution in [3.05, 3.63) is 30.1 Å². The van der Waals surface area contributed by atoms with E-state index in [1.165, 1.54) is 18.4 Å². The number of aliphatic imine (C=N–C) groups is 1. The van der Waals surface area contributed by atoms with Crippen LogP contribution in [0, 0.1) is 11.2 Å². The van der Waals surface area contributed by atoms with Gasteiger partial charge in [0.05, 0.1) is 5.75 Å². The van der Waals surface area contributed by atoms with E-state index in [1.807, 2.05) is 13.8 Å². The molecule has 0 bridgehead atoms. The Morgan fingerprint density at radius 1 is 1.23 bits per heavy atom. The second-order valence-corrected chi connectivity index (χ2v) is 10.5. The van der Waals surface area contributed by atoms with Gasteiger partial charge in [-0.1, -0.05) is 13.8 Å². The van der Waals surface area contributed by atoms with Crippen LogP contribution in [0.4, 0.5) is 4.39 Å². The first-order valence-electron chi connectivity index (χ1n) is 8.62. The zero-order valence-corrected chi connectivity index (χ0v) is 17.6. The number of nitrogens with one attached hydrogen (secondary N) is 2. The van der Waals surface area contributed by atoms with Crippen molar-refractivity contribution in [3.8, 4) is 0 Å². The van der Waals surface area contributed by atoms with Crippen LogP contribution >= 0.6 is 11.8 Å². The quantitative estimate of drug-likeness (QED) is 0.272. The van der Waals surface area contributed by atoms with Crippen LogP contribution in [0.3, 0.4) is 0 Å². The van der Waals surface area contributed by atoms with Crippen LogP contribution in [0.2, 0.25) is 0 Å². The lowest BCUT2D eigenvalue weighted by Crippen LogP contribution is -2.42. The standard InChI is InChI=1S/C18H30FN3O2S2/c1-18(2,10-13-26(4,23)24)14-22-17(20-3)21-11-5-12-25-16-8-6-15(19)7-9-16/h6-9H,5,10-14H2,1-4H3,(H2,20,21,22). The maximum Gasteiger partial charge on any atom is 0.190 e. The predicted octanol–water partition coefficient (Wildman–Crippen LogP) is 2.93. The van der Waals surface area contributed by atoms with Gasteiger partial charge >= 0.3 is 0 Å². The third-order valence-corrected chi connectivity index (χ3v) is 5.85. The molecule has 0 saturated heterocycles. The summed E-state index contributed by atoms with van der Waals surface area (Å²) < 4.78 is 35.5. The summed E-state index contributed by atoms with van der Waals surface area (Å²) in [7, 11) is -1.23. The molecule has 0 aliphatic heterocycles. The number of halogens is 1. The van der Waals surface area contributed by atoms with Crippen LogP contribution in [0.1, 0.15) is 26.7 Å². The molecule has 8 heteroatoms. The molecule has 0 aromatic heterocycles. The van der Waals surface area contributed by atoms with Crippen molar-refractivity contribution in [2.24, 2.45) is 10.4 Å². The monoisotopic (exact) mass is 403 g/mol. The van der Waals surface area contributed by atoms with Crippen molar-refractivity contribution < 1.29 is 12.8 Å². The lowest BCUT2D eigenvalue weighted by Gasteiger charge is -2.25. The minimum Gasteiger partial charge on any atom is -0.356 e. The van der Waals surface area contributed by atoms with Gasteiger partial charge in [0, 0.05) is 31.3 Å². The van der Waals surface area contributed by atoms with Gasteiger partial charge in [-0.2, -0.15) is 0 Å². The highest BCUT2D eigenvalue weighted by Gasteiger charge is 2.20. The van der Waals surface area contributed by atoms with Crippen molar-refractivity contribution in [2.45, 2.75) is 31.6 Å². The molecule has 26 heavy (non-hydrogen) atoms. The van der Waals surface area contributed by atoms with Crippen LogP contribution in [-0.2, 0) is 9.84 Å². The minimum atomic E-state index is -2.94. The highest BCUT2D eigenvalue weighted by Crippen LogP contribution is 2.20. The molecule has 0 radical (unpaired) electrons. The van der Waals surface area contributed by atoms with Crippen molar-refractivity contribution in [1.82, 2.24) is 10.6 Å². The Morgan fingerprint density at radius 3 is 2.46 bits per heavy atom. The molecule has 0 heterocycles. The van der Waals surface area contributed by atoms with Crippen LogP contribution in [0.25, 0.3) is 0 Å². The number of rotatable bonds is 10. The summed E-state index contributed by atoms with van der Waals surface area (Å²) in [6.45, 7) is 5.50. The molecule has 5 nitrogen and oxygen atoms in total. The molecule has 0 aliphatic carbocycles. The third-order valence-electron chi connectivity index (χ3n) is 3.80. The van der Waals surface area contributed by atoms with E-state index in [2.05, 4.69) is 15.6 Å². The zero-order valence-electron chi connectivity index (χ0n) is 16.0. The maximum absolute atomic E-state index is 12.9.